The van der Waals surface area contributed by atoms with E-state index in [0.717, 1.165) is 19.3 Å². The maximum absolute atomic E-state index is 11.1. The monoisotopic (exact) mass is 285 g/mol. The van der Waals surface area contributed by atoms with E-state index in [1.165, 1.54) is 11.6 Å². The third kappa shape index (κ3) is 4.53. The van der Waals surface area contributed by atoms with Crippen LogP contribution in [0.5, 0.6) is 5.75 Å². The zero-order chi connectivity index (χ0) is 15.1. The Bertz CT molecular complexity index is 596. The SMILES string of the molecule is Nc1ccc(C(=O)O)c(OCCCCc2ccccc2)c1. The molecule has 3 N–H and O–H groups in total. The topological polar surface area (TPSA) is 72.6 Å². The summed E-state index contributed by atoms with van der Waals surface area (Å²) < 4.78 is 5.56. The summed E-state index contributed by atoms with van der Waals surface area (Å²) in [6, 6.07) is 14.8. The van der Waals surface area contributed by atoms with Crippen LogP contribution >= 0.6 is 0 Å². The van der Waals surface area contributed by atoms with Gasteiger partial charge < -0.3 is 15.6 Å². The second kappa shape index (κ2) is 7.33. The summed E-state index contributed by atoms with van der Waals surface area (Å²) in [5, 5.41) is 9.09. The van der Waals surface area contributed by atoms with E-state index in [1.54, 1.807) is 12.1 Å². The maximum Gasteiger partial charge on any atom is 0.339 e. The van der Waals surface area contributed by atoms with Crippen LogP contribution in [0, 0.1) is 0 Å². The number of unbranched alkanes of at least 4 members (excludes halogenated alkanes) is 1. The molecule has 0 atom stereocenters. The largest absolute Gasteiger partial charge is 0.493 e. The van der Waals surface area contributed by atoms with Crippen LogP contribution in [0.2, 0.25) is 0 Å². The van der Waals surface area contributed by atoms with Crippen molar-refractivity contribution >= 4 is 11.7 Å². The Morgan fingerprint density at radius 2 is 1.86 bits per heavy atom. The summed E-state index contributed by atoms with van der Waals surface area (Å²) in [5.41, 5.74) is 7.60. The van der Waals surface area contributed by atoms with Crippen molar-refractivity contribution in [2.45, 2.75) is 19.3 Å². The van der Waals surface area contributed by atoms with Crippen LogP contribution in [-0.4, -0.2) is 17.7 Å². The molecule has 2 aromatic rings. The Hall–Kier alpha value is -2.49. The zero-order valence-electron chi connectivity index (χ0n) is 11.8. The van der Waals surface area contributed by atoms with Gasteiger partial charge in [-0.2, -0.15) is 0 Å². The zero-order valence-corrected chi connectivity index (χ0v) is 11.8. The molecule has 0 fully saturated rings. The average Bonchev–Trinajstić information content (AvgIpc) is 2.48. The Balaban J connectivity index is 1.81. The van der Waals surface area contributed by atoms with Gasteiger partial charge in [0.1, 0.15) is 11.3 Å². The van der Waals surface area contributed by atoms with Gasteiger partial charge in [-0.25, -0.2) is 4.79 Å². The van der Waals surface area contributed by atoms with Gasteiger partial charge in [0.2, 0.25) is 0 Å². The van der Waals surface area contributed by atoms with Crippen molar-refractivity contribution in [3.63, 3.8) is 0 Å². The molecular weight excluding hydrogens is 266 g/mol. The third-order valence-corrected chi connectivity index (χ3v) is 3.20. The number of nitrogen functional groups attached to an aromatic ring is 1. The summed E-state index contributed by atoms with van der Waals surface area (Å²) >= 11 is 0. The summed E-state index contributed by atoms with van der Waals surface area (Å²) in [6.45, 7) is 0.483. The number of rotatable bonds is 7. The van der Waals surface area contributed by atoms with Crippen molar-refractivity contribution in [3.8, 4) is 5.75 Å². The van der Waals surface area contributed by atoms with Crippen molar-refractivity contribution in [2.24, 2.45) is 0 Å². The van der Waals surface area contributed by atoms with E-state index in [0.29, 0.717) is 18.0 Å². The Labute approximate surface area is 124 Å². The first-order chi connectivity index (χ1) is 10.2. The fraction of sp³-hybridized carbons (Fsp3) is 0.235. The molecule has 4 nitrogen and oxygen atoms in total. The van der Waals surface area contributed by atoms with Crippen LogP contribution in [-0.2, 0) is 6.42 Å². The van der Waals surface area contributed by atoms with Gasteiger partial charge in [0.25, 0.3) is 0 Å². The Morgan fingerprint density at radius 1 is 1.10 bits per heavy atom. The maximum atomic E-state index is 11.1. The highest BCUT2D eigenvalue weighted by Gasteiger charge is 2.11. The van der Waals surface area contributed by atoms with Crippen LogP contribution in [0.4, 0.5) is 5.69 Å². The van der Waals surface area contributed by atoms with E-state index in [4.69, 9.17) is 15.6 Å². The molecule has 0 amide bonds. The molecule has 0 radical (unpaired) electrons. The molecule has 0 aromatic heterocycles. The van der Waals surface area contributed by atoms with E-state index in [1.807, 2.05) is 18.2 Å². The molecular formula is C17H19NO3. The fourth-order valence-corrected chi connectivity index (χ4v) is 2.09. The van der Waals surface area contributed by atoms with E-state index < -0.39 is 5.97 Å². The molecule has 4 heteroatoms. The molecule has 0 bridgehead atoms. The molecule has 0 aliphatic rings. The van der Waals surface area contributed by atoms with Crippen LogP contribution < -0.4 is 10.5 Å². The quantitative estimate of drug-likeness (QED) is 0.604. The fourth-order valence-electron chi connectivity index (χ4n) is 2.09. The minimum Gasteiger partial charge on any atom is -0.493 e. The highest BCUT2D eigenvalue weighted by molar-refractivity contribution is 5.91. The molecule has 0 aliphatic carbocycles. The van der Waals surface area contributed by atoms with Crippen molar-refractivity contribution in [3.05, 3.63) is 59.7 Å². The minimum absolute atomic E-state index is 0.146. The van der Waals surface area contributed by atoms with Gasteiger partial charge in [-0.1, -0.05) is 30.3 Å². The summed E-state index contributed by atoms with van der Waals surface area (Å²) in [6.07, 6.45) is 2.85. The van der Waals surface area contributed by atoms with Gasteiger partial charge in [-0.05, 0) is 37.0 Å². The third-order valence-electron chi connectivity index (χ3n) is 3.20. The van der Waals surface area contributed by atoms with Gasteiger partial charge in [0.15, 0.2) is 0 Å². The highest BCUT2D eigenvalue weighted by Crippen LogP contribution is 2.22. The number of aromatic carboxylic acids is 1. The van der Waals surface area contributed by atoms with E-state index in [2.05, 4.69) is 12.1 Å². The first-order valence-electron chi connectivity index (χ1n) is 6.96. The summed E-state index contributed by atoms with van der Waals surface area (Å²) in [4.78, 5) is 11.1. The lowest BCUT2D eigenvalue weighted by atomic mass is 10.1. The van der Waals surface area contributed by atoms with Crippen LogP contribution in [0.15, 0.2) is 48.5 Å². The molecule has 0 spiro atoms. The predicted octanol–water partition coefficient (Wildman–Crippen LogP) is 3.37. The lowest BCUT2D eigenvalue weighted by Crippen LogP contribution is -2.05. The number of carboxylic acid groups (broad SMARTS) is 1. The molecule has 21 heavy (non-hydrogen) atoms. The number of ether oxygens (including phenoxy) is 1. The van der Waals surface area contributed by atoms with Crippen LogP contribution in [0.3, 0.4) is 0 Å². The normalized spacial score (nSPS) is 10.3. The first-order valence-corrected chi connectivity index (χ1v) is 6.96. The molecule has 110 valence electrons. The van der Waals surface area contributed by atoms with Crippen LogP contribution in [0.1, 0.15) is 28.8 Å². The van der Waals surface area contributed by atoms with Crippen LogP contribution in [0.25, 0.3) is 0 Å². The van der Waals surface area contributed by atoms with Gasteiger partial charge in [0, 0.05) is 11.8 Å². The number of aryl methyl sites for hydroxylation is 1. The van der Waals surface area contributed by atoms with Crippen molar-refractivity contribution < 1.29 is 14.6 Å². The molecule has 0 saturated heterocycles. The lowest BCUT2D eigenvalue weighted by molar-refractivity contribution is 0.0692. The van der Waals surface area contributed by atoms with E-state index in [9.17, 15) is 4.79 Å². The Kier molecular flexibility index (Phi) is 5.21. The van der Waals surface area contributed by atoms with Gasteiger partial charge in [0.05, 0.1) is 6.61 Å². The van der Waals surface area contributed by atoms with Crippen molar-refractivity contribution in [1.29, 1.82) is 0 Å². The van der Waals surface area contributed by atoms with Gasteiger partial charge >= 0.3 is 5.97 Å². The van der Waals surface area contributed by atoms with Gasteiger partial charge in [-0.3, -0.25) is 0 Å². The number of anilines is 1. The molecule has 0 unspecified atom stereocenters. The molecule has 2 rings (SSSR count). The van der Waals surface area contributed by atoms with E-state index >= 15 is 0 Å². The van der Waals surface area contributed by atoms with Gasteiger partial charge in [-0.15, -0.1) is 0 Å². The Morgan fingerprint density at radius 3 is 2.57 bits per heavy atom. The minimum atomic E-state index is -1.01. The van der Waals surface area contributed by atoms with Crippen molar-refractivity contribution in [1.82, 2.24) is 0 Å². The molecule has 0 heterocycles. The second-order valence-electron chi connectivity index (χ2n) is 4.85. The molecule has 0 aliphatic heterocycles. The highest BCUT2D eigenvalue weighted by atomic mass is 16.5. The lowest BCUT2D eigenvalue weighted by Gasteiger charge is -2.10. The van der Waals surface area contributed by atoms with E-state index in [-0.39, 0.29) is 5.56 Å². The standard InChI is InChI=1S/C17H19NO3/c18-14-9-10-15(17(19)20)16(12-14)21-11-5-4-8-13-6-2-1-3-7-13/h1-3,6-7,9-10,12H,4-5,8,11,18H2,(H,19,20). The molecule has 2 aromatic carbocycles. The van der Waals surface area contributed by atoms with Crippen molar-refractivity contribution in [2.75, 3.05) is 12.3 Å². The number of carboxylic acids is 1. The number of nitrogens with two attached hydrogens (primary N) is 1. The average molecular weight is 285 g/mol. The number of benzene rings is 2. The molecule has 0 saturated carbocycles. The second-order valence-corrected chi connectivity index (χ2v) is 4.85. The number of hydrogen-bond acceptors (Lipinski definition) is 3. The first kappa shape index (κ1) is 14.9. The summed E-state index contributed by atoms with van der Waals surface area (Å²) in [7, 11) is 0. The number of hydrogen-bond donors (Lipinski definition) is 2. The summed E-state index contributed by atoms with van der Waals surface area (Å²) in [5.74, 6) is -0.670. The predicted molar refractivity (Wildman–Crippen MR) is 82.7 cm³/mol. The number of carbonyl (C=O) groups is 1. The smallest absolute Gasteiger partial charge is 0.339 e.